The third-order valence-electron chi connectivity index (χ3n) is 3.84. The molecule has 2 rings (SSSR count). The van der Waals surface area contributed by atoms with Gasteiger partial charge >= 0.3 is 0 Å². The number of halogens is 2. The number of carbonyl (C=O) groups is 1. The third kappa shape index (κ3) is 3.62. The molecule has 0 aromatic heterocycles. The first-order valence-corrected chi connectivity index (χ1v) is 8.58. The van der Waals surface area contributed by atoms with Crippen molar-refractivity contribution in [3.05, 3.63) is 45.1 Å². The molecule has 1 atom stereocenters. The lowest BCUT2D eigenvalue weighted by Gasteiger charge is -2.33. The number of nitrogens with one attached hydrogen (secondary N) is 2. The van der Waals surface area contributed by atoms with Crippen molar-refractivity contribution < 1.29 is 4.79 Å². The van der Waals surface area contributed by atoms with Crippen LogP contribution >= 0.6 is 35.4 Å². The fourth-order valence-electron chi connectivity index (χ4n) is 2.66. The van der Waals surface area contributed by atoms with Crippen LogP contribution in [0.4, 0.5) is 0 Å². The molecule has 1 aromatic carbocycles. The number of allylic oxidation sites excluding steroid dienone is 1. The van der Waals surface area contributed by atoms with Crippen LogP contribution in [0.2, 0.25) is 10.0 Å². The van der Waals surface area contributed by atoms with E-state index >= 15 is 0 Å². The van der Waals surface area contributed by atoms with Gasteiger partial charge in [0.2, 0.25) is 0 Å². The molecule has 4 nitrogen and oxygen atoms in total. The Hall–Kier alpha value is -1.30. The van der Waals surface area contributed by atoms with Crippen LogP contribution in [0.3, 0.4) is 0 Å². The Balaban J connectivity index is 2.57. The summed E-state index contributed by atoms with van der Waals surface area (Å²) < 4.78 is 0. The molecular formula is C16H19Cl2N3OS. The van der Waals surface area contributed by atoms with Gasteiger partial charge in [-0.2, -0.15) is 0 Å². The van der Waals surface area contributed by atoms with Gasteiger partial charge < -0.3 is 15.5 Å². The highest BCUT2D eigenvalue weighted by Crippen LogP contribution is 2.36. The van der Waals surface area contributed by atoms with Gasteiger partial charge in [-0.15, -0.1) is 0 Å². The van der Waals surface area contributed by atoms with Gasteiger partial charge in [-0.3, -0.25) is 4.79 Å². The lowest BCUT2D eigenvalue weighted by Crippen LogP contribution is -2.47. The van der Waals surface area contributed by atoms with Crippen molar-refractivity contribution in [2.75, 3.05) is 13.1 Å². The number of benzene rings is 1. The smallest absolute Gasteiger partial charge is 0.253 e. The van der Waals surface area contributed by atoms with Crippen LogP contribution in [0.25, 0.3) is 0 Å². The molecule has 0 saturated carbocycles. The first-order valence-electron chi connectivity index (χ1n) is 7.42. The van der Waals surface area contributed by atoms with E-state index in [9.17, 15) is 4.79 Å². The molecule has 1 aliphatic rings. The molecule has 1 heterocycles. The Labute approximate surface area is 151 Å². The second-order valence-corrected chi connectivity index (χ2v) is 6.41. The molecule has 1 aromatic rings. The van der Waals surface area contributed by atoms with Gasteiger partial charge in [-0.25, -0.2) is 0 Å². The molecule has 0 bridgehead atoms. The summed E-state index contributed by atoms with van der Waals surface area (Å²) in [4.78, 5) is 14.7. The van der Waals surface area contributed by atoms with Crippen molar-refractivity contribution >= 4 is 46.4 Å². The summed E-state index contributed by atoms with van der Waals surface area (Å²) in [6.45, 7) is 6.98. The van der Waals surface area contributed by atoms with Crippen molar-refractivity contribution in [2.24, 2.45) is 0 Å². The van der Waals surface area contributed by atoms with Gasteiger partial charge in [-0.1, -0.05) is 29.3 Å². The van der Waals surface area contributed by atoms with E-state index in [-0.39, 0.29) is 5.91 Å². The number of carbonyl (C=O) groups excluding carboxylic acids is 1. The van der Waals surface area contributed by atoms with Crippen LogP contribution in [0, 0.1) is 0 Å². The van der Waals surface area contributed by atoms with Crippen LogP contribution in [-0.2, 0) is 4.79 Å². The first kappa shape index (κ1) is 18.0. The molecule has 0 unspecified atom stereocenters. The summed E-state index contributed by atoms with van der Waals surface area (Å²) in [5, 5.41) is 7.58. The highest BCUT2D eigenvalue weighted by Gasteiger charge is 2.34. The normalized spacial score (nSPS) is 17.6. The molecule has 0 aliphatic carbocycles. The SMILES string of the molecule is CCN(CC)C(=O)C1=C(C)NC(=S)N[C@@H]1c1c(Cl)cccc1Cl. The molecule has 0 spiro atoms. The maximum Gasteiger partial charge on any atom is 0.253 e. The number of hydrogen-bond donors (Lipinski definition) is 2. The highest BCUT2D eigenvalue weighted by atomic mass is 35.5. The van der Waals surface area contributed by atoms with Gasteiger partial charge in [0, 0.05) is 34.4 Å². The largest absolute Gasteiger partial charge is 0.351 e. The van der Waals surface area contributed by atoms with E-state index in [1.165, 1.54) is 0 Å². The predicted octanol–water partition coefficient (Wildman–Crippen LogP) is 3.65. The van der Waals surface area contributed by atoms with Crippen LogP contribution in [0.5, 0.6) is 0 Å². The summed E-state index contributed by atoms with van der Waals surface area (Å²) in [6, 6.07) is 4.81. The number of nitrogens with zero attached hydrogens (tertiary/aromatic N) is 1. The molecule has 0 fully saturated rings. The number of rotatable bonds is 4. The fraction of sp³-hybridized carbons (Fsp3) is 0.375. The third-order valence-corrected chi connectivity index (χ3v) is 4.72. The Morgan fingerprint density at radius 2 is 1.83 bits per heavy atom. The maximum absolute atomic E-state index is 12.9. The zero-order chi connectivity index (χ0) is 17.1. The lowest BCUT2D eigenvalue weighted by atomic mass is 9.94. The average molecular weight is 372 g/mol. The number of likely N-dealkylation sites (N-methyl/N-ethyl adjacent to an activating group) is 1. The van der Waals surface area contributed by atoms with E-state index in [0.717, 1.165) is 0 Å². The summed E-state index contributed by atoms with van der Waals surface area (Å²) in [5.74, 6) is -0.0593. The van der Waals surface area contributed by atoms with Crippen LogP contribution in [-0.4, -0.2) is 29.0 Å². The second kappa shape index (κ2) is 7.51. The number of hydrogen-bond acceptors (Lipinski definition) is 2. The summed E-state index contributed by atoms with van der Waals surface area (Å²) in [7, 11) is 0. The van der Waals surface area contributed by atoms with E-state index in [4.69, 9.17) is 35.4 Å². The predicted molar refractivity (Wildman–Crippen MR) is 98.7 cm³/mol. The van der Waals surface area contributed by atoms with Crippen molar-refractivity contribution in [1.82, 2.24) is 15.5 Å². The van der Waals surface area contributed by atoms with Gasteiger partial charge in [0.05, 0.1) is 11.6 Å². The minimum Gasteiger partial charge on any atom is -0.351 e. The van der Waals surface area contributed by atoms with Gasteiger partial charge in [0.1, 0.15) is 0 Å². The number of amides is 1. The molecule has 23 heavy (non-hydrogen) atoms. The minimum atomic E-state index is -0.474. The standard InChI is InChI=1S/C16H19Cl2N3OS/c1-4-21(5-2)15(22)12-9(3)19-16(23)20-14(12)13-10(17)7-6-8-11(13)18/h6-8,14H,4-5H2,1-3H3,(H2,19,20,23)/t14-/m0/s1. The summed E-state index contributed by atoms with van der Waals surface area (Å²) >= 11 is 17.9. The van der Waals surface area contributed by atoms with E-state index in [2.05, 4.69) is 10.6 Å². The van der Waals surface area contributed by atoms with Crippen LogP contribution < -0.4 is 10.6 Å². The monoisotopic (exact) mass is 371 g/mol. The Kier molecular flexibility index (Phi) is 5.89. The van der Waals surface area contributed by atoms with Crippen molar-refractivity contribution in [2.45, 2.75) is 26.8 Å². The molecule has 0 radical (unpaired) electrons. The second-order valence-electron chi connectivity index (χ2n) is 5.18. The molecule has 1 amide bonds. The topological polar surface area (TPSA) is 44.4 Å². The van der Waals surface area contributed by atoms with Gasteiger partial charge in [-0.05, 0) is 45.1 Å². The maximum atomic E-state index is 12.9. The Bertz CT molecular complexity index is 651. The lowest BCUT2D eigenvalue weighted by molar-refractivity contribution is -0.127. The zero-order valence-corrected chi connectivity index (χ0v) is 15.6. The summed E-state index contributed by atoms with van der Waals surface area (Å²) in [5.41, 5.74) is 1.96. The van der Waals surface area contributed by atoms with Crippen molar-refractivity contribution in [3.8, 4) is 0 Å². The van der Waals surface area contributed by atoms with E-state index in [1.54, 1.807) is 23.1 Å². The Morgan fingerprint density at radius 1 is 1.26 bits per heavy atom. The average Bonchev–Trinajstić information content (AvgIpc) is 2.47. The van der Waals surface area contributed by atoms with E-state index in [0.29, 0.717) is 45.1 Å². The van der Waals surface area contributed by atoms with Crippen molar-refractivity contribution in [1.29, 1.82) is 0 Å². The van der Waals surface area contributed by atoms with Gasteiger partial charge in [0.15, 0.2) is 5.11 Å². The molecule has 1 aliphatic heterocycles. The minimum absolute atomic E-state index is 0.0593. The molecule has 2 N–H and O–H groups in total. The molecule has 7 heteroatoms. The van der Waals surface area contributed by atoms with Crippen LogP contribution in [0.15, 0.2) is 29.5 Å². The van der Waals surface area contributed by atoms with Crippen molar-refractivity contribution in [3.63, 3.8) is 0 Å². The quantitative estimate of drug-likeness (QED) is 0.792. The Morgan fingerprint density at radius 3 is 2.35 bits per heavy atom. The molecule has 0 saturated heterocycles. The number of thiocarbonyl (C=S) groups is 1. The highest BCUT2D eigenvalue weighted by molar-refractivity contribution is 7.80. The first-order chi connectivity index (χ1) is 10.9. The fourth-order valence-corrected chi connectivity index (χ4v) is 3.55. The zero-order valence-electron chi connectivity index (χ0n) is 13.2. The van der Waals surface area contributed by atoms with E-state index in [1.807, 2.05) is 20.8 Å². The summed E-state index contributed by atoms with van der Waals surface area (Å²) in [6.07, 6.45) is 0. The van der Waals surface area contributed by atoms with E-state index < -0.39 is 6.04 Å². The van der Waals surface area contributed by atoms with Crippen LogP contribution in [0.1, 0.15) is 32.4 Å². The molecular weight excluding hydrogens is 353 g/mol. The molecule has 124 valence electrons. The van der Waals surface area contributed by atoms with Gasteiger partial charge in [0.25, 0.3) is 5.91 Å².